The Morgan fingerprint density at radius 3 is 2.87 bits per heavy atom. The summed E-state index contributed by atoms with van der Waals surface area (Å²) in [6.45, 7) is 0. The van der Waals surface area contributed by atoms with Gasteiger partial charge in [-0.2, -0.15) is 0 Å². The fourth-order valence-electron chi connectivity index (χ4n) is 3.73. The van der Waals surface area contributed by atoms with Gasteiger partial charge in [0, 0.05) is 10.7 Å². The molecule has 0 saturated heterocycles. The van der Waals surface area contributed by atoms with Gasteiger partial charge in [-0.3, -0.25) is 0 Å². The molecule has 118 valence electrons. The highest BCUT2D eigenvalue weighted by Gasteiger charge is 2.24. The largest absolute Gasteiger partial charge is 0.356 e. The fourth-order valence-corrected chi connectivity index (χ4v) is 4.27. The molecule has 0 fully saturated rings. The molecule has 0 unspecified atom stereocenters. The zero-order valence-corrected chi connectivity index (χ0v) is 14.4. The minimum atomic E-state index is 0.248. The molecule has 2 nitrogen and oxygen atoms in total. The second kappa shape index (κ2) is 6.14. The molecule has 0 radical (unpaired) electrons. The van der Waals surface area contributed by atoms with E-state index in [1.165, 1.54) is 41.5 Å². The molecule has 0 amide bonds. The number of anilines is 1. The Balaban J connectivity index is 1.45. The molecule has 0 aliphatic heterocycles. The third kappa shape index (κ3) is 2.96. The van der Waals surface area contributed by atoms with Crippen LogP contribution in [0.25, 0.3) is 0 Å². The predicted octanol–water partition coefficient (Wildman–Crippen LogP) is 4.80. The number of hydrogen-bond donors (Lipinski definition) is 2. The van der Waals surface area contributed by atoms with Crippen LogP contribution in [0.4, 0.5) is 5.69 Å². The molecule has 0 heterocycles. The number of fused-ring (bicyclic) bond motifs is 2. The van der Waals surface area contributed by atoms with Crippen LogP contribution in [0.3, 0.4) is 0 Å². The van der Waals surface area contributed by atoms with Gasteiger partial charge >= 0.3 is 0 Å². The van der Waals surface area contributed by atoms with E-state index in [0.29, 0.717) is 5.11 Å². The van der Waals surface area contributed by atoms with E-state index in [1.54, 1.807) is 0 Å². The van der Waals surface area contributed by atoms with Crippen LogP contribution in [0, 0.1) is 0 Å². The van der Waals surface area contributed by atoms with Crippen LogP contribution >= 0.6 is 23.8 Å². The number of halogens is 1. The molecule has 2 N–H and O–H groups in total. The highest BCUT2D eigenvalue weighted by Crippen LogP contribution is 2.35. The first-order valence-electron chi connectivity index (χ1n) is 8.17. The molecule has 2 aliphatic carbocycles. The molecular formula is C19H19ClN2S. The van der Waals surface area contributed by atoms with Crippen molar-refractivity contribution in [1.29, 1.82) is 0 Å². The number of rotatable bonds is 2. The third-order valence-electron chi connectivity index (χ3n) is 4.88. The molecule has 1 atom stereocenters. The number of hydrogen-bond acceptors (Lipinski definition) is 1. The van der Waals surface area contributed by atoms with Gasteiger partial charge in [-0.05, 0) is 84.8 Å². The van der Waals surface area contributed by atoms with Crippen molar-refractivity contribution in [2.45, 2.75) is 38.1 Å². The Morgan fingerprint density at radius 1 is 1.09 bits per heavy atom. The van der Waals surface area contributed by atoms with Gasteiger partial charge in [-0.25, -0.2) is 0 Å². The summed E-state index contributed by atoms with van der Waals surface area (Å²) in [6.07, 6.45) is 5.69. The minimum Gasteiger partial charge on any atom is -0.356 e. The van der Waals surface area contributed by atoms with Crippen molar-refractivity contribution in [3.8, 4) is 0 Å². The molecule has 23 heavy (non-hydrogen) atoms. The van der Waals surface area contributed by atoms with E-state index < -0.39 is 0 Å². The summed E-state index contributed by atoms with van der Waals surface area (Å²) in [5, 5.41) is 8.32. The first-order chi connectivity index (χ1) is 11.2. The van der Waals surface area contributed by atoms with Gasteiger partial charge in [0.25, 0.3) is 0 Å². The first-order valence-corrected chi connectivity index (χ1v) is 8.96. The Hall–Kier alpha value is -1.58. The van der Waals surface area contributed by atoms with Crippen LogP contribution in [-0.4, -0.2) is 5.11 Å². The Labute approximate surface area is 147 Å². The van der Waals surface area contributed by atoms with E-state index in [0.717, 1.165) is 23.6 Å². The van der Waals surface area contributed by atoms with Crippen molar-refractivity contribution in [2.24, 2.45) is 0 Å². The maximum absolute atomic E-state index is 6.28. The lowest BCUT2D eigenvalue weighted by Crippen LogP contribution is -2.31. The van der Waals surface area contributed by atoms with Gasteiger partial charge in [0.2, 0.25) is 0 Å². The van der Waals surface area contributed by atoms with Crippen molar-refractivity contribution in [2.75, 3.05) is 5.32 Å². The lowest BCUT2D eigenvalue weighted by atomic mass is 10.1. The number of thiocarbonyl (C=S) groups is 1. The molecule has 0 bridgehead atoms. The number of benzene rings is 2. The van der Waals surface area contributed by atoms with Crippen LogP contribution in [0.5, 0.6) is 0 Å². The molecule has 2 aromatic rings. The van der Waals surface area contributed by atoms with Crippen LogP contribution in [0.2, 0.25) is 5.02 Å². The Bertz CT molecular complexity index is 772. The summed E-state index contributed by atoms with van der Waals surface area (Å²) in [5.74, 6) is 0. The fraction of sp³-hybridized carbons (Fsp3) is 0.316. The summed E-state index contributed by atoms with van der Waals surface area (Å²) < 4.78 is 0. The van der Waals surface area contributed by atoms with Crippen LogP contribution < -0.4 is 10.6 Å². The Kier molecular flexibility index (Phi) is 4.00. The summed E-state index contributed by atoms with van der Waals surface area (Å²) in [7, 11) is 0. The normalized spacial score (nSPS) is 18.4. The summed E-state index contributed by atoms with van der Waals surface area (Å²) in [6, 6.07) is 12.9. The average Bonchev–Trinajstić information content (AvgIpc) is 3.15. The molecular weight excluding hydrogens is 324 g/mol. The Morgan fingerprint density at radius 2 is 1.96 bits per heavy atom. The van der Waals surface area contributed by atoms with Gasteiger partial charge in [0.15, 0.2) is 5.11 Å². The standard InChI is InChI=1S/C19H19ClN2S/c20-17-6-2-5-16-15(17)9-10-18(16)22-19(23)21-14-8-7-12-3-1-4-13(12)11-14/h2,5-8,11,18H,1,3-4,9-10H2,(H2,21,22,23)/t18-/m0/s1. The van der Waals surface area contributed by atoms with Gasteiger partial charge in [0.1, 0.15) is 0 Å². The maximum atomic E-state index is 6.28. The van der Waals surface area contributed by atoms with E-state index >= 15 is 0 Å². The van der Waals surface area contributed by atoms with Crippen LogP contribution in [0.15, 0.2) is 36.4 Å². The summed E-state index contributed by atoms with van der Waals surface area (Å²) in [4.78, 5) is 0. The zero-order chi connectivity index (χ0) is 15.8. The first kappa shape index (κ1) is 15.0. The predicted molar refractivity (Wildman–Crippen MR) is 100 cm³/mol. The molecule has 0 spiro atoms. The smallest absolute Gasteiger partial charge is 0.171 e. The number of aryl methyl sites for hydroxylation is 2. The number of nitrogens with one attached hydrogen (secondary N) is 2. The summed E-state index contributed by atoms with van der Waals surface area (Å²) in [5.41, 5.74) is 6.54. The van der Waals surface area contributed by atoms with E-state index in [2.05, 4.69) is 34.9 Å². The van der Waals surface area contributed by atoms with E-state index in [-0.39, 0.29) is 6.04 Å². The van der Waals surface area contributed by atoms with Crippen molar-refractivity contribution in [1.82, 2.24) is 5.32 Å². The van der Waals surface area contributed by atoms with E-state index in [1.807, 2.05) is 12.1 Å². The molecule has 2 aromatic carbocycles. The second-order valence-corrected chi connectivity index (χ2v) is 7.15. The van der Waals surface area contributed by atoms with Crippen molar-refractivity contribution in [3.05, 3.63) is 63.7 Å². The van der Waals surface area contributed by atoms with Gasteiger partial charge in [-0.1, -0.05) is 29.8 Å². The highest BCUT2D eigenvalue weighted by atomic mass is 35.5. The third-order valence-corrected chi connectivity index (χ3v) is 5.45. The highest BCUT2D eigenvalue weighted by molar-refractivity contribution is 7.80. The summed E-state index contributed by atoms with van der Waals surface area (Å²) >= 11 is 11.8. The zero-order valence-electron chi connectivity index (χ0n) is 12.9. The second-order valence-electron chi connectivity index (χ2n) is 6.33. The lowest BCUT2D eigenvalue weighted by Gasteiger charge is -2.18. The molecule has 0 aromatic heterocycles. The lowest BCUT2D eigenvalue weighted by molar-refractivity contribution is 0.644. The average molecular weight is 343 g/mol. The topological polar surface area (TPSA) is 24.1 Å². The maximum Gasteiger partial charge on any atom is 0.171 e. The monoisotopic (exact) mass is 342 g/mol. The van der Waals surface area contributed by atoms with Crippen molar-refractivity contribution < 1.29 is 0 Å². The molecule has 2 aliphatic rings. The van der Waals surface area contributed by atoms with Crippen LogP contribution in [-0.2, 0) is 19.3 Å². The van der Waals surface area contributed by atoms with Gasteiger partial charge in [0.05, 0.1) is 6.04 Å². The SMILES string of the molecule is S=C(Nc1ccc2c(c1)CCC2)N[C@H]1CCc2c(Cl)cccc21. The van der Waals surface area contributed by atoms with Crippen molar-refractivity contribution >= 4 is 34.6 Å². The quantitative estimate of drug-likeness (QED) is 0.766. The molecule has 0 saturated carbocycles. The molecule has 4 heteroatoms. The van der Waals surface area contributed by atoms with Crippen LogP contribution in [0.1, 0.15) is 41.1 Å². The van der Waals surface area contributed by atoms with Gasteiger partial charge in [-0.15, -0.1) is 0 Å². The van der Waals surface area contributed by atoms with E-state index in [9.17, 15) is 0 Å². The minimum absolute atomic E-state index is 0.248. The molecule has 4 rings (SSSR count). The van der Waals surface area contributed by atoms with Gasteiger partial charge < -0.3 is 10.6 Å². The van der Waals surface area contributed by atoms with E-state index in [4.69, 9.17) is 23.8 Å². The van der Waals surface area contributed by atoms with Crippen molar-refractivity contribution in [3.63, 3.8) is 0 Å².